The summed E-state index contributed by atoms with van der Waals surface area (Å²) >= 11 is 6.04. The van der Waals surface area contributed by atoms with Crippen molar-refractivity contribution in [2.75, 3.05) is 7.11 Å². The van der Waals surface area contributed by atoms with Gasteiger partial charge in [-0.25, -0.2) is 4.79 Å². The first-order chi connectivity index (χ1) is 10.2. The number of hydrogen-bond donors (Lipinski definition) is 1. The van der Waals surface area contributed by atoms with Crippen molar-refractivity contribution >= 4 is 17.6 Å². The number of carbonyl (C=O) groups excluding carboxylic acids is 1. The van der Waals surface area contributed by atoms with Crippen molar-refractivity contribution in [1.82, 2.24) is 4.98 Å². The van der Waals surface area contributed by atoms with E-state index in [0.717, 1.165) is 0 Å². The Hall–Kier alpha value is -2.11. The van der Waals surface area contributed by atoms with E-state index in [1.165, 1.54) is 13.3 Å². The average molecular weight is 308 g/mol. The molecule has 1 aromatic heterocycles. The van der Waals surface area contributed by atoms with Crippen molar-refractivity contribution in [2.45, 2.75) is 13.2 Å². The number of esters is 1. The summed E-state index contributed by atoms with van der Waals surface area (Å²) in [5, 5.41) is 9.68. The molecule has 0 aliphatic carbocycles. The lowest BCUT2D eigenvalue weighted by Gasteiger charge is -2.11. The number of halogens is 1. The van der Waals surface area contributed by atoms with Crippen LogP contribution in [0.15, 0.2) is 36.5 Å². The van der Waals surface area contributed by atoms with Gasteiger partial charge in [-0.05, 0) is 18.2 Å². The van der Waals surface area contributed by atoms with Crippen molar-refractivity contribution < 1.29 is 19.4 Å². The van der Waals surface area contributed by atoms with Gasteiger partial charge in [0.15, 0.2) is 0 Å². The molecule has 1 heterocycles. The van der Waals surface area contributed by atoms with E-state index in [1.807, 2.05) is 0 Å². The Morgan fingerprint density at radius 2 is 2.14 bits per heavy atom. The Morgan fingerprint density at radius 1 is 1.33 bits per heavy atom. The van der Waals surface area contributed by atoms with Gasteiger partial charge in [0.25, 0.3) is 0 Å². The molecule has 0 amide bonds. The molecule has 21 heavy (non-hydrogen) atoms. The SMILES string of the molecule is COC(=O)c1ccc(COc2c(Cl)cccc2CO)nc1. The normalized spacial score (nSPS) is 10.2. The van der Waals surface area contributed by atoms with Crippen LogP contribution in [-0.4, -0.2) is 23.2 Å². The average Bonchev–Trinajstić information content (AvgIpc) is 2.53. The van der Waals surface area contributed by atoms with E-state index < -0.39 is 5.97 Å². The zero-order valence-corrected chi connectivity index (χ0v) is 12.1. The summed E-state index contributed by atoms with van der Waals surface area (Å²) in [5.74, 6) is -0.0100. The quantitative estimate of drug-likeness (QED) is 0.860. The number of aliphatic hydroxyl groups is 1. The zero-order valence-electron chi connectivity index (χ0n) is 11.4. The summed E-state index contributed by atoms with van der Waals surface area (Å²) in [6.07, 6.45) is 1.42. The van der Waals surface area contributed by atoms with Gasteiger partial charge in [-0.15, -0.1) is 0 Å². The van der Waals surface area contributed by atoms with E-state index in [2.05, 4.69) is 9.72 Å². The molecule has 5 nitrogen and oxygen atoms in total. The monoisotopic (exact) mass is 307 g/mol. The van der Waals surface area contributed by atoms with Crippen molar-refractivity contribution in [3.8, 4) is 5.75 Å². The number of rotatable bonds is 5. The zero-order chi connectivity index (χ0) is 15.2. The Labute approximate surface area is 127 Å². The minimum Gasteiger partial charge on any atom is -0.485 e. The first-order valence-electron chi connectivity index (χ1n) is 6.20. The second-order valence-electron chi connectivity index (χ2n) is 4.20. The molecule has 0 saturated carbocycles. The minimum atomic E-state index is -0.441. The van der Waals surface area contributed by atoms with Crippen LogP contribution in [0.25, 0.3) is 0 Å². The molecule has 0 bridgehead atoms. The third-order valence-corrected chi connectivity index (χ3v) is 3.13. The molecule has 1 N–H and O–H groups in total. The lowest BCUT2D eigenvalue weighted by Crippen LogP contribution is -2.05. The predicted molar refractivity (Wildman–Crippen MR) is 77.3 cm³/mol. The van der Waals surface area contributed by atoms with E-state index in [0.29, 0.717) is 27.6 Å². The van der Waals surface area contributed by atoms with Crippen molar-refractivity contribution in [3.05, 3.63) is 58.4 Å². The van der Waals surface area contributed by atoms with Crippen LogP contribution in [0.3, 0.4) is 0 Å². The molecular weight excluding hydrogens is 294 g/mol. The molecule has 0 aliphatic heterocycles. The number of ether oxygens (including phenoxy) is 2. The van der Waals surface area contributed by atoms with Crippen molar-refractivity contribution in [1.29, 1.82) is 0 Å². The molecular formula is C15H14ClNO4. The highest BCUT2D eigenvalue weighted by Gasteiger charge is 2.09. The Bertz CT molecular complexity index is 628. The molecule has 0 atom stereocenters. The molecule has 110 valence electrons. The van der Waals surface area contributed by atoms with Gasteiger partial charge in [0.1, 0.15) is 12.4 Å². The summed E-state index contributed by atoms with van der Waals surface area (Å²) in [4.78, 5) is 15.4. The lowest BCUT2D eigenvalue weighted by molar-refractivity contribution is 0.0600. The van der Waals surface area contributed by atoms with Crippen LogP contribution in [-0.2, 0) is 18.0 Å². The Morgan fingerprint density at radius 3 is 2.76 bits per heavy atom. The molecule has 0 fully saturated rings. The maximum atomic E-state index is 11.3. The van der Waals surface area contributed by atoms with Gasteiger partial charge in [0.2, 0.25) is 0 Å². The number of carbonyl (C=O) groups is 1. The van der Waals surface area contributed by atoms with Crippen LogP contribution in [0.4, 0.5) is 0 Å². The summed E-state index contributed by atoms with van der Waals surface area (Å²) in [6, 6.07) is 8.43. The number of hydrogen-bond acceptors (Lipinski definition) is 5. The number of aromatic nitrogens is 1. The van der Waals surface area contributed by atoms with Gasteiger partial charge in [0.05, 0.1) is 30.0 Å². The fraction of sp³-hybridized carbons (Fsp3) is 0.200. The maximum Gasteiger partial charge on any atom is 0.339 e. The first kappa shape index (κ1) is 15.3. The van der Waals surface area contributed by atoms with Gasteiger partial charge in [-0.1, -0.05) is 23.7 Å². The van der Waals surface area contributed by atoms with Crippen LogP contribution in [0, 0.1) is 0 Å². The summed E-state index contributed by atoms with van der Waals surface area (Å²) in [6.45, 7) is 0.0167. The second kappa shape index (κ2) is 7.06. The third-order valence-electron chi connectivity index (χ3n) is 2.83. The number of pyridine rings is 1. The Balaban J connectivity index is 2.08. The van der Waals surface area contributed by atoms with Crippen LogP contribution in [0.2, 0.25) is 5.02 Å². The second-order valence-corrected chi connectivity index (χ2v) is 4.61. The smallest absolute Gasteiger partial charge is 0.339 e. The van der Waals surface area contributed by atoms with Gasteiger partial charge in [-0.2, -0.15) is 0 Å². The molecule has 6 heteroatoms. The molecule has 0 aliphatic rings. The van der Waals surface area contributed by atoms with E-state index in [-0.39, 0.29) is 13.2 Å². The largest absolute Gasteiger partial charge is 0.485 e. The molecule has 2 rings (SSSR count). The van der Waals surface area contributed by atoms with Gasteiger partial charge < -0.3 is 14.6 Å². The summed E-state index contributed by atoms with van der Waals surface area (Å²) in [7, 11) is 1.31. The lowest BCUT2D eigenvalue weighted by atomic mass is 10.2. The van der Waals surface area contributed by atoms with Gasteiger partial charge in [0, 0.05) is 11.8 Å². The topological polar surface area (TPSA) is 68.7 Å². The number of benzene rings is 1. The summed E-state index contributed by atoms with van der Waals surface area (Å²) in [5.41, 5.74) is 1.61. The van der Waals surface area contributed by atoms with E-state index in [4.69, 9.17) is 16.3 Å². The standard InChI is InChI=1S/C15H14ClNO4/c1-20-15(19)10-5-6-12(17-7-10)9-21-14-11(8-18)3-2-4-13(14)16/h2-7,18H,8-9H2,1H3. The van der Waals surface area contributed by atoms with E-state index in [9.17, 15) is 9.90 Å². The molecule has 1 aromatic carbocycles. The minimum absolute atomic E-state index is 0.162. The fourth-order valence-corrected chi connectivity index (χ4v) is 1.98. The summed E-state index contributed by atoms with van der Waals surface area (Å²) < 4.78 is 10.2. The Kier molecular flexibility index (Phi) is 5.14. The third kappa shape index (κ3) is 3.71. The van der Waals surface area contributed by atoms with Crippen molar-refractivity contribution in [2.24, 2.45) is 0 Å². The van der Waals surface area contributed by atoms with Gasteiger partial charge in [-0.3, -0.25) is 4.98 Å². The fourth-order valence-electron chi connectivity index (χ4n) is 1.73. The molecule has 0 spiro atoms. The number of para-hydroxylation sites is 1. The number of nitrogens with zero attached hydrogens (tertiary/aromatic N) is 1. The van der Waals surface area contributed by atoms with E-state index in [1.54, 1.807) is 30.3 Å². The van der Waals surface area contributed by atoms with Crippen LogP contribution in [0.1, 0.15) is 21.6 Å². The number of aliphatic hydroxyl groups excluding tert-OH is 1. The van der Waals surface area contributed by atoms with Gasteiger partial charge >= 0.3 is 5.97 Å². The van der Waals surface area contributed by atoms with Crippen LogP contribution in [0.5, 0.6) is 5.75 Å². The molecule has 0 saturated heterocycles. The van der Waals surface area contributed by atoms with Crippen LogP contribution < -0.4 is 4.74 Å². The first-order valence-corrected chi connectivity index (χ1v) is 6.57. The van der Waals surface area contributed by atoms with Crippen LogP contribution >= 0.6 is 11.6 Å². The van der Waals surface area contributed by atoms with Crippen molar-refractivity contribution in [3.63, 3.8) is 0 Å². The van der Waals surface area contributed by atoms with E-state index >= 15 is 0 Å². The molecule has 0 unspecified atom stereocenters. The maximum absolute atomic E-state index is 11.3. The highest BCUT2D eigenvalue weighted by molar-refractivity contribution is 6.32. The highest BCUT2D eigenvalue weighted by Crippen LogP contribution is 2.29. The molecule has 2 aromatic rings. The number of methoxy groups -OCH3 is 1. The highest BCUT2D eigenvalue weighted by atomic mass is 35.5. The predicted octanol–water partition coefficient (Wildman–Crippen LogP) is 2.59. The molecule has 0 radical (unpaired) electrons.